The highest BCUT2D eigenvalue weighted by Gasteiger charge is 2.42. The summed E-state index contributed by atoms with van der Waals surface area (Å²) in [6.45, 7) is 3.84. The first-order valence-electron chi connectivity index (χ1n) is 9.57. The lowest BCUT2D eigenvalue weighted by molar-refractivity contribution is -0.137. The first-order chi connectivity index (χ1) is 12.5. The number of aliphatic carboxylic acids is 1. The number of unbranched alkanes of at least 4 members (excludes halogenated alkanes) is 1. The summed E-state index contributed by atoms with van der Waals surface area (Å²) in [7, 11) is 0. The summed E-state index contributed by atoms with van der Waals surface area (Å²) in [4.78, 5) is 10.6. The zero-order valence-electron chi connectivity index (χ0n) is 15.3. The summed E-state index contributed by atoms with van der Waals surface area (Å²) in [5.74, 6) is 1.78. The molecule has 3 rings (SSSR count). The number of carboxylic acid groups (broad SMARTS) is 1. The molecule has 3 nitrogen and oxygen atoms in total. The molecule has 0 heterocycles. The van der Waals surface area contributed by atoms with Crippen molar-refractivity contribution in [2.24, 2.45) is 23.7 Å². The van der Waals surface area contributed by atoms with E-state index in [2.05, 4.69) is 48.7 Å². The van der Waals surface area contributed by atoms with Gasteiger partial charge in [-0.25, -0.2) is 0 Å². The fourth-order valence-electron chi connectivity index (χ4n) is 4.33. The molecule has 0 saturated heterocycles. The average molecular weight is 374 g/mol. The van der Waals surface area contributed by atoms with Gasteiger partial charge >= 0.3 is 5.97 Å². The van der Waals surface area contributed by atoms with E-state index >= 15 is 0 Å². The Bertz CT molecular complexity index is 697. The molecule has 0 radical (unpaired) electrons. The Labute approximate surface area is 161 Å². The maximum absolute atomic E-state index is 10.6. The van der Waals surface area contributed by atoms with Gasteiger partial charge in [-0.05, 0) is 73.6 Å². The van der Waals surface area contributed by atoms with Crippen LogP contribution in [-0.2, 0) is 11.3 Å². The van der Waals surface area contributed by atoms with E-state index < -0.39 is 5.97 Å². The molecule has 0 amide bonds. The third-order valence-corrected chi connectivity index (χ3v) is 6.06. The Morgan fingerprint density at radius 2 is 2.15 bits per heavy atom. The normalized spacial score (nSPS) is 26.8. The minimum absolute atomic E-state index is 0.253. The zero-order valence-corrected chi connectivity index (χ0v) is 16.1. The third-order valence-electron chi connectivity index (χ3n) is 5.71. The van der Waals surface area contributed by atoms with Crippen molar-refractivity contribution >= 4 is 17.6 Å². The first-order valence-corrected chi connectivity index (χ1v) is 9.95. The molecule has 26 heavy (non-hydrogen) atoms. The number of fused-ring (bicyclic) bond motifs is 2. The summed E-state index contributed by atoms with van der Waals surface area (Å²) in [6, 6.07) is 6.22. The number of carbonyl (C=O) groups is 1. The van der Waals surface area contributed by atoms with Crippen molar-refractivity contribution in [2.75, 3.05) is 6.54 Å². The zero-order chi connectivity index (χ0) is 18.5. The molecule has 0 aromatic heterocycles. The fourth-order valence-corrected chi connectivity index (χ4v) is 4.63. The quantitative estimate of drug-likeness (QED) is 0.473. The molecule has 4 atom stereocenters. The molecule has 1 aromatic rings. The molecule has 2 aliphatic rings. The molecule has 0 aliphatic heterocycles. The van der Waals surface area contributed by atoms with Gasteiger partial charge in [-0.2, -0.15) is 0 Å². The van der Waals surface area contributed by atoms with Gasteiger partial charge in [0.05, 0.1) is 0 Å². The van der Waals surface area contributed by atoms with Crippen LogP contribution in [0.15, 0.2) is 42.5 Å². The number of aryl methyl sites for hydroxylation is 1. The summed E-state index contributed by atoms with van der Waals surface area (Å²) in [6.07, 6.45) is 12.3. The summed E-state index contributed by atoms with van der Waals surface area (Å²) < 4.78 is 0. The second-order valence-electron chi connectivity index (χ2n) is 7.63. The van der Waals surface area contributed by atoms with Crippen LogP contribution in [0.5, 0.6) is 0 Å². The van der Waals surface area contributed by atoms with Gasteiger partial charge in [0.15, 0.2) is 0 Å². The van der Waals surface area contributed by atoms with Crippen LogP contribution in [0, 0.1) is 30.6 Å². The number of halogens is 1. The molecule has 0 spiro atoms. The molecule has 2 bridgehead atoms. The number of benzene rings is 1. The Balaban J connectivity index is 1.51. The van der Waals surface area contributed by atoms with Gasteiger partial charge in [-0.15, -0.1) is 0 Å². The van der Waals surface area contributed by atoms with Crippen LogP contribution in [0.4, 0.5) is 0 Å². The van der Waals surface area contributed by atoms with Crippen LogP contribution in [-0.4, -0.2) is 17.6 Å². The smallest absolute Gasteiger partial charge is 0.303 e. The van der Waals surface area contributed by atoms with Crippen molar-refractivity contribution < 1.29 is 9.90 Å². The van der Waals surface area contributed by atoms with E-state index in [-0.39, 0.29) is 6.42 Å². The first kappa shape index (κ1) is 19.2. The van der Waals surface area contributed by atoms with Crippen molar-refractivity contribution in [3.05, 3.63) is 58.7 Å². The molecule has 1 aromatic carbocycles. The standard InChI is InChI=1S/C22H28ClNO2/c1-15-7-8-18(21(23)11-15)13-24-14-20-17-10-9-16(12-17)19(20)5-3-2-4-6-22(25)26/h3,5,7-11,16-17,19-20,24H,2,4,6,12-14H2,1H3,(H,25,26)/b5-3-/t16-,17+,19+,20+/m1/s1. The van der Waals surface area contributed by atoms with E-state index in [9.17, 15) is 4.79 Å². The molecule has 1 saturated carbocycles. The second-order valence-corrected chi connectivity index (χ2v) is 8.04. The second kappa shape index (κ2) is 8.88. The molecule has 1 fully saturated rings. The van der Waals surface area contributed by atoms with Gasteiger partial charge in [0.2, 0.25) is 0 Å². The largest absolute Gasteiger partial charge is 0.481 e. The summed E-state index contributed by atoms with van der Waals surface area (Å²) >= 11 is 6.33. The molecule has 0 unspecified atom stereocenters. The van der Waals surface area contributed by atoms with Crippen LogP contribution in [0.1, 0.15) is 36.8 Å². The Kier molecular flexibility index (Phi) is 6.55. The van der Waals surface area contributed by atoms with Gasteiger partial charge in [0.25, 0.3) is 0 Å². The molecular weight excluding hydrogens is 346 g/mol. The van der Waals surface area contributed by atoms with Crippen molar-refractivity contribution in [3.63, 3.8) is 0 Å². The number of hydrogen-bond acceptors (Lipinski definition) is 2. The molecule has 2 N–H and O–H groups in total. The maximum Gasteiger partial charge on any atom is 0.303 e. The molecular formula is C22H28ClNO2. The SMILES string of the molecule is Cc1ccc(CNC[C@@H]2[C@@H](/C=C\CCCC(=O)O)[C@@H]3C=C[C@H]2C3)c(Cl)c1. The van der Waals surface area contributed by atoms with Crippen LogP contribution >= 0.6 is 11.6 Å². The molecule has 140 valence electrons. The van der Waals surface area contributed by atoms with Gasteiger partial charge < -0.3 is 10.4 Å². The van der Waals surface area contributed by atoms with Crippen LogP contribution in [0.25, 0.3) is 0 Å². The van der Waals surface area contributed by atoms with Crippen molar-refractivity contribution in [1.82, 2.24) is 5.32 Å². The van der Waals surface area contributed by atoms with E-state index in [1.54, 1.807) is 0 Å². The Morgan fingerprint density at radius 1 is 1.35 bits per heavy atom. The lowest BCUT2D eigenvalue weighted by Gasteiger charge is -2.26. The molecule has 4 heteroatoms. The van der Waals surface area contributed by atoms with Crippen LogP contribution in [0.2, 0.25) is 5.02 Å². The summed E-state index contributed by atoms with van der Waals surface area (Å²) in [5.41, 5.74) is 2.34. The van der Waals surface area contributed by atoms with Gasteiger partial charge in [-0.3, -0.25) is 4.79 Å². The topological polar surface area (TPSA) is 49.3 Å². The third kappa shape index (κ3) is 4.77. The minimum atomic E-state index is -0.710. The van der Waals surface area contributed by atoms with Crippen LogP contribution in [0.3, 0.4) is 0 Å². The molecule has 2 aliphatic carbocycles. The van der Waals surface area contributed by atoms with Crippen molar-refractivity contribution in [3.8, 4) is 0 Å². The average Bonchev–Trinajstić information content (AvgIpc) is 3.18. The van der Waals surface area contributed by atoms with E-state index in [4.69, 9.17) is 16.7 Å². The van der Waals surface area contributed by atoms with Gasteiger partial charge in [0.1, 0.15) is 0 Å². The number of rotatable bonds is 9. The van der Waals surface area contributed by atoms with Gasteiger partial charge in [0, 0.05) is 18.0 Å². The number of carboxylic acids is 1. The highest BCUT2D eigenvalue weighted by Crippen LogP contribution is 2.48. The maximum atomic E-state index is 10.6. The lowest BCUT2D eigenvalue weighted by atomic mass is 9.82. The minimum Gasteiger partial charge on any atom is -0.481 e. The fraction of sp³-hybridized carbons (Fsp3) is 0.500. The number of hydrogen-bond donors (Lipinski definition) is 2. The summed E-state index contributed by atoms with van der Waals surface area (Å²) in [5, 5.41) is 13.2. The van der Waals surface area contributed by atoms with Crippen molar-refractivity contribution in [2.45, 2.75) is 39.2 Å². The monoisotopic (exact) mass is 373 g/mol. The number of allylic oxidation sites excluding steroid dienone is 4. The van der Waals surface area contributed by atoms with Gasteiger partial charge in [-0.1, -0.05) is 48.0 Å². The van der Waals surface area contributed by atoms with E-state index in [1.165, 1.54) is 12.0 Å². The Morgan fingerprint density at radius 3 is 2.92 bits per heavy atom. The highest BCUT2D eigenvalue weighted by molar-refractivity contribution is 6.31. The predicted octanol–water partition coefficient (Wildman–Crippen LogP) is 4.99. The van der Waals surface area contributed by atoms with Crippen LogP contribution < -0.4 is 5.32 Å². The lowest BCUT2D eigenvalue weighted by Crippen LogP contribution is -2.30. The predicted molar refractivity (Wildman–Crippen MR) is 106 cm³/mol. The highest BCUT2D eigenvalue weighted by atomic mass is 35.5. The Hall–Kier alpha value is -1.58. The van der Waals surface area contributed by atoms with E-state index in [0.29, 0.717) is 23.7 Å². The van der Waals surface area contributed by atoms with E-state index in [1.807, 2.05) is 6.07 Å². The van der Waals surface area contributed by atoms with E-state index in [0.717, 1.165) is 36.5 Å². The van der Waals surface area contributed by atoms with Crippen molar-refractivity contribution in [1.29, 1.82) is 0 Å². The number of nitrogens with one attached hydrogen (secondary N) is 1.